The summed E-state index contributed by atoms with van der Waals surface area (Å²) in [6.45, 7) is 0.203. The maximum atomic E-state index is 12.9. The van der Waals surface area contributed by atoms with E-state index < -0.39 is 21.7 Å². The van der Waals surface area contributed by atoms with E-state index in [0.717, 1.165) is 6.26 Å². The summed E-state index contributed by atoms with van der Waals surface area (Å²) in [6.07, 6.45) is 1.08. The van der Waals surface area contributed by atoms with Crippen molar-refractivity contribution in [2.75, 3.05) is 30.4 Å². The van der Waals surface area contributed by atoms with Crippen LogP contribution in [-0.4, -0.2) is 40.5 Å². The number of hydrogen-bond donors (Lipinski definition) is 1. The maximum Gasteiger partial charge on any atom is 0.251 e. The lowest BCUT2D eigenvalue weighted by Crippen LogP contribution is -2.38. The number of carbonyl (C=O) groups excluding carboxylic acids is 1. The topological polar surface area (TPSA) is 84.9 Å². The quantitative estimate of drug-likeness (QED) is 0.825. The number of hydrogen-bond acceptors (Lipinski definition) is 5. The summed E-state index contributed by atoms with van der Waals surface area (Å²) in [6, 6.07) is 9.90. The molecule has 0 spiro atoms. The Morgan fingerprint density at radius 3 is 2.54 bits per heavy atom. The number of carbonyl (C=O) groups is 1. The molecule has 1 N–H and O–H groups in total. The van der Waals surface area contributed by atoms with Crippen molar-refractivity contribution >= 4 is 21.6 Å². The molecule has 0 radical (unpaired) electrons. The van der Waals surface area contributed by atoms with Gasteiger partial charge in [0.1, 0.15) is 5.82 Å². The predicted molar refractivity (Wildman–Crippen MR) is 93.5 cm³/mol. The molecule has 0 saturated heterocycles. The van der Waals surface area contributed by atoms with Gasteiger partial charge in [0.2, 0.25) is 16.8 Å². The molecular formula is C17H17FN2O5S. The van der Waals surface area contributed by atoms with Gasteiger partial charge < -0.3 is 14.8 Å². The summed E-state index contributed by atoms with van der Waals surface area (Å²) in [5.74, 6) is 0.162. The average molecular weight is 380 g/mol. The third kappa shape index (κ3) is 4.05. The van der Waals surface area contributed by atoms with Crippen molar-refractivity contribution in [2.24, 2.45) is 0 Å². The van der Waals surface area contributed by atoms with E-state index in [1.807, 2.05) is 0 Å². The first-order valence-electron chi connectivity index (χ1n) is 7.76. The fourth-order valence-corrected chi connectivity index (χ4v) is 3.42. The molecule has 0 aromatic heterocycles. The van der Waals surface area contributed by atoms with E-state index in [-0.39, 0.29) is 19.9 Å². The molecule has 0 atom stereocenters. The molecule has 26 heavy (non-hydrogen) atoms. The fourth-order valence-electron chi connectivity index (χ4n) is 2.50. The number of fused-ring (bicyclic) bond motifs is 1. The Balaban J connectivity index is 1.68. The monoisotopic (exact) mass is 380 g/mol. The standard InChI is InChI=1S/C17H17FN2O5S/c1-26(22,23)20(14-6-7-15-16(10-14)25-11-24-15)9-8-19-17(21)12-2-4-13(18)5-3-12/h2-7,10H,8-9,11H2,1H3,(H,19,21). The van der Waals surface area contributed by atoms with Crippen molar-refractivity contribution in [3.05, 3.63) is 53.8 Å². The number of ether oxygens (including phenoxy) is 2. The molecule has 0 bridgehead atoms. The Labute approximate surface area is 150 Å². The minimum atomic E-state index is -3.57. The Hall–Kier alpha value is -2.81. The molecule has 1 amide bonds. The number of sulfonamides is 1. The number of rotatable bonds is 6. The molecular weight excluding hydrogens is 363 g/mol. The van der Waals surface area contributed by atoms with Crippen LogP contribution in [0, 0.1) is 5.82 Å². The van der Waals surface area contributed by atoms with Crippen LogP contribution in [0.5, 0.6) is 11.5 Å². The van der Waals surface area contributed by atoms with E-state index in [1.165, 1.54) is 28.6 Å². The van der Waals surface area contributed by atoms with Gasteiger partial charge >= 0.3 is 0 Å². The number of nitrogens with one attached hydrogen (secondary N) is 1. The van der Waals surface area contributed by atoms with Gasteiger partial charge in [-0.1, -0.05) is 0 Å². The molecule has 0 saturated carbocycles. The van der Waals surface area contributed by atoms with Crippen molar-refractivity contribution in [1.29, 1.82) is 0 Å². The van der Waals surface area contributed by atoms with Crippen LogP contribution in [0.25, 0.3) is 0 Å². The summed E-state index contributed by atoms with van der Waals surface area (Å²) < 4.78 is 48.8. The number of halogens is 1. The number of nitrogens with zero attached hydrogens (tertiary/aromatic N) is 1. The summed E-state index contributed by atoms with van der Waals surface area (Å²) >= 11 is 0. The highest BCUT2D eigenvalue weighted by atomic mass is 32.2. The van der Waals surface area contributed by atoms with Crippen LogP contribution in [0.4, 0.5) is 10.1 Å². The molecule has 0 fully saturated rings. The van der Waals surface area contributed by atoms with Crippen LogP contribution in [0.2, 0.25) is 0 Å². The normalized spacial score (nSPS) is 12.7. The molecule has 138 valence electrons. The summed E-state index contributed by atoms with van der Waals surface area (Å²) in [7, 11) is -3.57. The van der Waals surface area contributed by atoms with Gasteiger partial charge in [0.25, 0.3) is 5.91 Å². The van der Waals surface area contributed by atoms with Crippen molar-refractivity contribution in [1.82, 2.24) is 5.32 Å². The smallest absolute Gasteiger partial charge is 0.251 e. The largest absolute Gasteiger partial charge is 0.454 e. The van der Waals surface area contributed by atoms with Crippen LogP contribution in [0.1, 0.15) is 10.4 Å². The van der Waals surface area contributed by atoms with Gasteiger partial charge in [0, 0.05) is 18.2 Å². The summed E-state index contributed by atoms with van der Waals surface area (Å²) in [5.41, 5.74) is 0.702. The van der Waals surface area contributed by atoms with Gasteiger partial charge in [0.15, 0.2) is 11.5 Å². The highest BCUT2D eigenvalue weighted by molar-refractivity contribution is 7.92. The Morgan fingerprint density at radius 2 is 1.85 bits per heavy atom. The Kier molecular flexibility index (Phi) is 4.99. The molecule has 3 rings (SSSR count). The molecule has 0 aliphatic carbocycles. The predicted octanol–water partition coefficient (Wildman–Crippen LogP) is 1.75. The second-order valence-electron chi connectivity index (χ2n) is 5.64. The Morgan fingerprint density at radius 1 is 1.15 bits per heavy atom. The summed E-state index contributed by atoms with van der Waals surface area (Å²) in [4.78, 5) is 12.0. The fraction of sp³-hybridized carbons (Fsp3) is 0.235. The van der Waals surface area contributed by atoms with Crippen molar-refractivity contribution < 1.29 is 27.1 Å². The van der Waals surface area contributed by atoms with Crippen molar-refractivity contribution in [3.8, 4) is 11.5 Å². The van der Waals surface area contributed by atoms with Crippen molar-refractivity contribution in [2.45, 2.75) is 0 Å². The zero-order valence-corrected chi connectivity index (χ0v) is 14.8. The first kappa shape index (κ1) is 18.0. The molecule has 9 heteroatoms. The van der Waals surface area contributed by atoms with Crippen LogP contribution < -0.4 is 19.1 Å². The minimum absolute atomic E-state index is 0.0331. The first-order chi connectivity index (χ1) is 12.3. The van der Waals surface area contributed by atoms with E-state index in [1.54, 1.807) is 18.2 Å². The van der Waals surface area contributed by atoms with Gasteiger partial charge in [0.05, 0.1) is 18.5 Å². The van der Waals surface area contributed by atoms with Gasteiger partial charge in [-0.25, -0.2) is 12.8 Å². The molecule has 7 nitrogen and oxygen atoms in total. The van der Waals surface area contributed by atoms with Crippen LogP contribution in [0.15, 0.2) is 42.5 Å². The number of anilines is 1. The second-order valence-corrected chi connectivity index (χ2v) is 7.54. The molecule has 1 aliphatic heterocycles. The molecule has 0 unspecified atom stereocenters. The SMILES string of the molecule is CS(=O)(=O)N(CCNC(=O)c1ccc(F)cc1)c1ccc2c(c1)OCO2. The highest BCUT2D eigenvalue weighted by Crippen LogP contribution is 2.35. The highest BCUT2D eigenvalue weighted by Gasteiger charge is 2.21. The van der Waals surface area contributed by atoms with Gasteiger partial charge in [-0.3, -0.25) is 9.10 Å². The van der Waals surface area contributed by atoms with Crippen molar-refractivity contribution in [3.63, 3.8) is 0 Å². The average Bonchev–Trinajstić information content (AvgIpc) is 3.05. The van der Waals surface area contributed by atoms with E-state index >= 15 is 0 Å². The van der Waals surface area contributed by atoms with Gasteiger partial charge in [-0.15, -0.1) is 0 Å². The van der Waals surface area contributed by atoms with Gasteiger partial charge in [-0.05, 0) is 36.4 Å². The molecule has 2 aromatic carbocycles. The minimum Gasteiger partial charge on any atom is -0.454 e. The first-order valence-corrected chi connectivity index (χ1v) is 9.60. The van der Waals surface area contributed by atoms with E-state index in [4.69, 9.17) is 9.47 Å². The lowest BCUT2D eigenvalue weighted by Gasteiger charge is -2.22. The lowest BCUT2D eigenvalue weighted by molar-refractivity contribution is 0.0954. The van der Waals surface area contributed by atoms with Crippen LogP contribution in [-0.2, 0) is 10.0 Å². The van der Waals surface area contributed by atoms with Crippen LogP contribution >= 0.6 is 0 Å². The van der Waals surface area contributed by atoms with E-state index in [0.29, 0.717) is 22.7 Å². The van der Waals surface area contributed by atoms with Gasteiger partial charge in [-0.2, -0.15) is 0 Å². The third-order valence-electron chi connectivity index (χ3n) is 3.75. The zero-order chi connectivity index (χ0) is 18.7. The van der Waals surface area contributed by atoms with E-state index in [9.17, 15) is 17.6 Å². The molecule has 2 aromatic rings. The Bertz CT molecular complexity index is 915. The maximum absolute atomic E-state index is 12.9. The van der Waals surface area contributed by atoms with Crippen LogP contribution in [0.3, 0.4) is 0 Å². The third-order valence-corrected chi connectivity index (χ3v) is 4.95. The lowest BCUT2D eigenvalue weighted by atomic mass is 10.2. The summed E-state index contributed by atoms with van der Waals surface area (Å²) in [5, 5.41) is 2.62. The number of amides is 1. The second kappa shape index (κ2) is 7.20. The molecule has 1 heterocycles. The molecule has 1 aliphatic rings. The van der Waals surface area contributed by atoms with E-state index in [2.05, 4.69) is 5.32 Å². The zero-order valence-electron chi connectivity index (χ0n) is 13.9. The number of benzene rings is 2.